The summed E-state index contributed by atoms with van der Waals surface area (Å²) in [6.07, 6.45) is -5.45. The van der Waals surface area contributed by atoms with Crippen LogP contribution in [0.3, 0.4) is 0 Å². The minimum atomic E-state index is -4.91. The molecular formula is C22H16Cl2F4N2O5S. The monoisotopic (exact) mass is 566 g/mol. The molecule has 1 heterocycles. The van der Waals surface area contributed by atoms with Crippen LogP contribution in [0.25, 0.3) is 0 Å². The third-order valence-electron chi connectivity index (χ3n) is 4.84. The van der Waals surface area contributed by atoms with E-state index in [4.69, 9.17) is 32.7 Å². The van der Waals surface area contributed by atoms with E-state index in [1.165, 1.54) is 19.2 Å². The zero-order chi connectivity index (χ0) is 26.8. The highest BCUT2D eigenvalue weighted by Crippen LogP contribution is 2.36. The Kier molecular flexibility index (Phi) is 8.26. The number of aromatic nitrogens is 1. The lowest BCUT2D eigenvalue weighted by atomic mass is 10.0. The third kappa shape index (κ3) is 5.95. The van der Waals surface area contributed by atoms with Crippen molar-refractivity contribution in [3.05, 3.63) is 86.9 Å². The number of ether oxygens (including phenoxy) is 2. The quantitative estimate of drug-likeness (QED) is 0.222. The molecule has 0 amide bonds. The Bertz CT molecular complexity index is 1420. The van der Waals surface area contributed by atoms with Crippen molar-refractivity contribution in [2.45, 2.75) is 17.3 Å². The van der Waals surface area contributed by atoms with Gasteiger partial charge in [0, 0.05) is 18.9 Å². The van der Waals surface area contributed by atoms with E-state index in [9.17, 15) is 30.8 Å². The van der Waals surface area contributed by atoms with Gasteiger partial charge in [-0.1, -0.05) is 23.2 Å². The molecule has 1 unspecified atom stereocenters. The van der Waals surface area contributed by atoms with E-state index in [0.717, 1.165) is 37.6 Å². The molecule has 0 radical (unpaired) electrons. The van der Waals surface area contributed by atoms with Crippen LogP contribution in [0.1, 0.15) is 33.4 Å². The summed E-state index contributed by atoms with van der Waals surface area (Å²) in [6.45, 7) is 0. The molecule has 1 aromatic heterocycles. The van der Waals surface area contributed by atoms with Crippen molar-refractivity contribution in [2.24, 2.45) is 0 Å². The molecule has 1 N–H and O–H groups in total. The molecule has 36 heavy (non-hydrogen) atoms. The van der Waals surface area contributed by atoms with Gasteiger partial charge in [0.05, 0.1) is 33.2 Å². The van der Waals surface area contributed by atoms with Gasteiger partial charge in [-0.2, -0.15) is 17.9 Å². The predicted molar refractivity (Wildman–Crippen MR) is 122 cm³/mol. The maximum absolute atomic E-state index is 13.8. The van der Waals surface area contributed by atoms with Gasteiger partial charge in [-0.25, -0.2) is 12.8 Å². The van der Waals surface area contributed by atoms with Crippen molar-refractivity contribution >= 4 is 39.0 Å². The number of carbonyl (C=O) groups is 1. The highest BCUT2D eigenvalue weighted by atomic mass is 35.5. The first-order valence-corrected chi connectivity index (χ1v) is 12.0. The third-order valence-corrected chi connectivity index (χ3v) is 6.77. The van der Waals surface area contributed by atoms with Crippen LogP contribution in [0.5, 0.6) is 5.75 Å². The first-order valence-electron chi connectivity index (χ1n) is 9.74. The number of rotatable bonds is 8. The minimum Gasteiger partial charge on any atom is -0.496 e. The predicted octanol–water partition coefficient (Wildman–Crippen LogP) is 5.41. The SMILES string of the molecule is COc1ccc(F)cc1C(=O)c1ncc(Cl)cc1C(NS(=O)(=O)c1ccc(Cl)c(C(F)(F)F)c1)OC. The number of nitrogens with one attached hydrogen (secondary N) is 1. The molecule has 0 fully saturated rings. The second-order valence-electron chi connectivity index (χ2n) is 7.14. The molecule has 7 nitrogen and oxygen atoms in total. The van der Waals surface area contributed by atoms with E-state index in [1.807, 2.05) is 0 Å². The molecule has 0 aliphatic rings. The number of nitrogens with zero attached hydrogens (tertiary/aromatic N) is 1. The molecule has 0 spiro atoms. The zero-order valence-electron chi connectivity index (χ0n) is 18.4. The molecule has 0 saturated heterocycles. The topological polar surface area (TPSA) is 94.6 Å². The molecule has 3 rings (SSSR count). The van der Waals surface area contributed by atoms with Gasteiger partial charge in [0.1, 0.15) is 23.5 Å². The van der Waals surface area contributed by atoms with Gasteiger partial charge in [-0.15, -0.1) is 0 Å². The normalized spacial score (nSPS) is 12.9. The number of hydrogen-bond donors (Lipinski definition) is 1. The van der Waals surface area contributed by atoms with Crippen molar-refractivity contribution < 1.29 is 40.2 Å². The Morgan fingerprint density at radius 3 is 2.39 bits per heavy atom. The number of benzene rings is 2. The second-order valence-corrected chi connectivity index (χ2v) is 9.70. The Balaban J connectivity index is 2.07. The first-order chi connectivity index (χ1) is 16.8. The van der Waals surface area contributed by atoms with E-state index < -0.39 is 49.5 Å². The van der Waals surface area contributed by atoms with Crippen LogP contribution in [-0.2, 0) is 20.9 Å². The molecule has 0 saturated carbocycles. The maximum atomic E-state index is 13.8. The largest absolute Gasteiger partial charge is 0.496 e. The van der Waals surface area contributed by atoms with Crippen LogP contribution in [0.15, 0.2) is 53.6 Å². The van der Waals surface area contributed by atoms with Crippen LogP contribution >= 0.6 is 23.2 Å². The zero-order valence-corrected chi connectivity index (χ0v) is 20.7. The van der Waals surface area contributed by atoms with E-state index in [1.54, 1.807) is 0 Å². The number of carbonyl (C=O) groups excluding carboxylic acids is 1. The van der Waals surface area contributed by atoms with Crippen LogP contribution in [0, 0.1) is 5.82 Å². The van der Waals surface area contributed by atoms with Crippen LogP contribution in [0.2, 0.25) is 10.0 Å². The highest BCUT2D eigenvalue weighted by Gasteiger charge is 2.35. The summed E-state index contributed by atoms with van der Waals surface area (Å²) in [5.41, 5.74) is -2.14. The van der Waals surface area contributed by atoms with Crippen LogP contribution in [-0.4, -0.2) is 33.4 Å². The fourth-order valence-electron chi connectivity index (χ4n) is 3.17. The molecule has 0 aliphatic heterocycles. The second kappa shape index (κ2) is 10.7. The number of alkyl halides is 3. The summed E-state index contributed by atoms with van der Waals surface area (Å²) in [7, 11) is -2.32. The number of methoxy groups -OCH3 is 2. The molecule has 1 atom stereocenters. The number of sulfonamides is 1. The van der Waals surface area contributed by atoms with Crippen molar-refractivity contribution in [1.82, 2.24) is 9.71 Å². The van der Waals surface area contributed by atoms with Gasteiger partial charge >= 0.3 is 6.18 Å². The highest BCUT2D eigenvalue weighted by molar-refractivity contribution is 7.89. The summed E-state index contributed by atoms with van der Waals surface area (Å²) < 4.78 is 91.7. The first kappa shape index (κ1) is 27.8. The minimum absolute atomic E-state index is 0.0134. The van der Waals surface area contributed by atoms with Crippen molar-refractivity contribution in [3.63, 3.8) is 0 Å². The molecule has 0 bridgehead atoms. The molecule has 2 aromatic carbocycles. The molecule has 192 valence electrons. The summed E-state index contributed by atoms with van der Waals surface area (Å²) >= 11 is 11.6. The summed E-state index contributed by atoms with van der Waals surface area (Å²) in [6, 6.07) is 6.37. The van der Waals surface area contributed by atoms with Gasteiger partial charge in [0.25, 0.3) is 0 Å². The lowest BCUT2D eigenvalue weighted by Crippen LogP contribution is -2.31. The Hall–Kier alpha value is -2.77. The van der Waals surface area contributed by atoms with E-state index in [2.05, 4.69) is 9.71 Å². The van der Waals surface area contributed by atoms with E-state index in [0.29, 0.717) is 6.07 Å². The number of pyridine rings is 1. The molecule has 0 aliphatic carbocycles. The molecule has 14 heteroatoms. The molecular weight excluding hydrogens is 551 g/mol. The fraction of sp³-hybridized carbons (Fsp3) is 0.182. The number of halogens is 6. The summed E-state index contributed by atoms with van der Waals surface area (Å²) in [5, 5.41) is -0.708. The maximum Gasteiger partial charge on any atom is 0.417 e. The Morgan fingerprint density at radius 2 is 1.78 bits per heavy atom. The van der Waals surface area contributed by atoms with Gasteiger partial charge in [-0.05, 0) is 42.5 Å². The molecule has 3 aromatic rings. The lowest BCUT2D eigenvalue weighted by Gasteiger charge is -2.21. The fourth-order valence-corrected chi connectivity index (χ4v) is 4.72. The summed E-state index contributed by atoms with van der Waals surface area (Å²) in [5.74, 6) is -1.59. The van der Waals surface area contributed by atoms with Gasteiger partial charge in [-0.3, -0.25) is 9.78 Å². The van der Waals surface area contributed by atoms with Crippen molar-refractivity contribution in [1.29, 1.82) is 0 Å². The smallest absolute Gasteiger partial charge is 0.417 e. The average molecular weight is 567 g/mol. The van der Waals surface area contributed by atoms with Crippen LogP contribution in [0.4, 0.5) is 17.6 Å². The van der Waals surface area contributed by atoms with E-state index in [-0.39, 0.29) is 27.6 Å². The standard InChI is InChI=1S/C22H16Cl2F4N2O5S/c1-34-18-6-3-12(25)8-14(18)20(31)19-15(7-11(23)10-29-19)21(35-2)30-36(32,33)13-4-5-17(24)16(9-13)22(26,27)28/h3-10,21,30H,1-2H3. The van der Waals surface area contributed by atoms with Crippen LogP contribution < -0.4 is 9.46 Å². The Morgan fingerprint density at radius 1 is 1.08 bits per heavy atom. The van der Waals surface area contributed by atoms with Gasteiger partial charge in [0.15, 0.2) is 0 Å². The summed E-state index contributed by atoms with van der Waals surface area (Å²) in [4.78, 5) is 16.4. The van der Waals surface area contributed by atoms with Crippen molar-refractivity contribution in [3.8, 4) is 5.75 Å². The average Bonchev–Trinajstić information content (AvgIpc) is 2.81. The van der Waals surface area contributed by atoms with Gasteiger partial charge in [0.2, 0.25) is 15.8 Å². The van der Waals surface area contributed by atoms with E-state index >= 15 is 0 Å². The number of ketones is 1. The lowest BCUT2D eigenvalue weighted by molar-refractivity contribution is -0.137. The van der Waals surface area contributed by atoms with Crippen molar-refractivity contribution in [2.75, 3.05) is 14.2 Å². The number of hydrogen-bond acceptors (Lipinski definition) is 6. The van der Waals surface area contributed by atoms with Gasteiger partial charge < -0.3 is 9.47 Å². The Labute approximate surface area is 213 Å².